The molecule has 0 spiro atoms. The molecule has 2 N–H and O–H groups in total. The molecule has 0 aliphatic heterocycles. The monoisotopic (exact) mass is 299 g/mol. The van der Waals surface area contributed by atoms with Crippen molar-refractivity contribution in [2.24, 2.45) is 5.92 Å². The van der Waals surface area contributed by atoms with Gasteiger partial charge in [0.1, 0.15) is 11.9 Å². The Balaban J connectivity index is 1.99. The van der Waals surface area contributed by atoms with Crippen molar-refractivity contribution in [3.8, 4) is 5.75 Å². The predicted molar refractivity (Wildman–Crippen MR) is 73.2 cm³/mol. The van der Waals surface area contributed by atoms with Crippen LogP contribution in [-0.4, -0.2) is 29.8 Å². The average molecular weight is 299 g/mol. The molecule has 4 nitrogen and oxygen atoms in total. The van der Waals surface area contributed by atoms with Crippen molar-refractivity contribution in [1.82, 2.24) is 5.32 Å². The highest BCUT2D eigenvalue weighted by Crippen LogP contribution is 2.45. The molecule has 0 radical (unpaired) electrons. The Kier molecular flexibility index (Phi) is 4.77. The number of aliphatic hydroxyl groups is 1. The summed E-state index contributed by atoms with van der Waals surface area (Å²) < 4.78 is 29.2. The number of benzene rings is 1. The van der Waals surface area contributed by atoms with Gasteiger partial charge in [-0.05, 0) is 24.0 Å². The van der Waals surface area contributed by atoms with Crippen LogP contribution < -0.4 is 10.1 Å². The summed E-state index contributed by atoms with van der Waals surface area (Å²) in [7, 11) is 0. The maximum absolute atomic E-state index is 12.4. The lowest BCUT2D eigenvalue weighted by Crippen LogP contribution is -2.39. The number of nitrogens with one attached hydrogen (secondary N) is 1. The van der Waals surface area contributed by atoms with Crippen LogP contribution >= 0.6 is 0 Å². The number of carbonyl (C=O) groups excluding carboxylic acids is 1. The first-order chi connectivity index (χ1) is 9.90. The molecular weight excluding hydrogens is 280 g/mol. The van der Waals surface area contributed by atoms with Crippen molar-refractivity contribution in [3.63, 3.8) is 0 Å². The molecule has 21 heavy (non-hydrogen) atoms. The molecule has 1 fully saturated rings. The SMILES string of the molecule is CC(C)[C@H](O)C(=O)N[C@H]1C[C@@H]1c1ccccc1OC(F)F. The van der Waals surface area contributed by atoms with E-state index in [2.05, 4.69) is 10.1 Å². The zero-order chi connectivity index (χ0) is 15.6. The summed E-state index contributed by atoms with van der Waals surface area (Å²) in [6, 6.07) is 6.43. The maximum Gasteiger partial charge on any atom is 0.387 e. The third-order valence-corrected chi connectivity index (χ3v) is 3.55. The lowest BCUT2D eigenvalue weighted by atomic mass is 10.1. The lowest BCUT2D eigenvalue weighted by molar-refractivity contribution is -0.131. The van der Waals surface area contributed by atoms with Gasteiger partial charge in [0.05, 0.1) is 0 Å². The second-order valence-electron chi connectivity index (χ2n) is 5.56. The number of halogens is 2. The van der Waals surface area contributed by atoms with Gasteiger partial charge in [0.25, 0.3) is 0 Å². The van der Waals surface area contributed by atoms with Crippen molar-refractivity contribution >= 4 is 5.91 Å². The minimum Gasteiger partial charge on any atom is -0.435 e. The molecule has 3 atom stereocenters. The van der Waals surface area contributed by atoms with E-state index >= 15 is 0 Å². The maximum atomic E-state index is 12.4. The second-order valence-corrected chi connectivity index (χ2v) is 5.56. The van der Waals surface area contributed by atoms with Gasteiger partial charge in [-0.15, -0.1) is 0 Å². The van der Waals surface area contributed by atoms with Gasteiger partial charge in [0.2, 0.25) is 5.91 Å². The van der Waals surface area contributed by atoms with E-state index in [0.29, 0.717) is 12.0 Å². The van der Waals surface area contributed by atoms with Crippen LogP contribution in [0.4, 0.5) is 8.78 Å². The predicted octanol–water partition coefficient (Wildman–Crippen LogP) is 2.28. The number of amides is 1. The first-order valence-corrected chi connectivity index (χ1v) is 6.92. The van der Waals surface area contributed by atoms with Crippen LogP contribution in [0.2, 0.25) is 0 Å². The van der Waals surface area contributed by atoms with Crippen LogP contribution in [-0.2, 0) is 4.79 Å². The van der Waals surface area contributed by atoms with Crippen LogP contribution in [0.3, 0.4) is 0 Å². The summed E-state index contributed by atoms with van der Waals surface area (Å²) in [5, 5.41) is 12.4. The topological polar surface area (TPSA) is 58.6 Å². The molecule has 0 bridgehead atoms. The quantitative estimate of drug-likeness (QED) is 0.847. The van der Waals surface area contributed by atoms with Crippen molar-refractivity contribution in [2.75, 3.05) is 0 Å². The van der Waals surface area contributed by atoms with E-state index < -0.39 is 18.6 Å². The summed E-state index contributed by atoms with van der Waals surface area (Å²) in [5.74, 6) is -0.511. The zero-order valence-corrected chi connectivity index (χ0v) is 11.9. The fourth-order valence-electron chi connectivity index (χ4n) is 2.26. The van der Waals surface area contributed by atoms with Crippen molar-refractivity contribution in [1.29, 1.82) is 0 Å². The van der Waals surface area contributed by atoms with Gasteiger partial charge >= 0.3 is 6.61 Å². The van der Waals surface area contributed by atoms with Gasteiger partial charge in [0.15, 0.2) is 0 Å². The number of rotatable bonds is 6. The Labute approximate surface area is 122 Å². The highest BCUT2D eigenvalue weighted by atomic mass is 19.3. The van der Waals surface area contributed by atoms with E-state index in [1.807, 2.05) is 0 Å². The van der Waals surface area contributed by atoms with E-state index in [0.717, 1.165) is 0 Å². The van der Waals surface area contributed by atoms with E-state index in [9.17, 15) is 18.7 Å². The van der Waals surface area contributed by atoms with E-state index in [4.69, 9.17) is 0 Å². The Morgan fingerprint density at radius 1 is 1.38 bits per heavy atom. The molecule has 2 rings (SSSR count). The van der Waals surface area contributed by atoms with Crippen LogP contribution in [0.5, 0.6) is 5.75 Å². The number of alkyl halides is 2. The summed E-state index contributed by atoms with van der Waals surface area (Å²) >= 11 is 0. The molecule has 1 aliphatic carbocycles. The standard InChI is InChI=1S/C15H19F2NO3/c1-8(2)13(19)14(20)18-11-7-10(11)9-5-3-4-6-12(9)21-15(16)17/h3-6,8,10-11,13,15,19H,7H2,1-2H3,(H,18,20)/t10-,11+,13+/m1/s1. The number of carbonyl (C=O) groups is 1. The molecule has 0 unspecified atom stereocenters. The Bertz CT molecular complexity index is 507. The number of aliphatic hydroxyl groups excluding tert-OH is 1. The Morgan fingerprint density at radius 3 is 2.67 bits per heavy atom. The highest BCUT2D eigenvalue weighted by molar-refractivity contribution is 5.81. The molecular formula is C15H19F2NO3. The van der Waals surface area contributed by atoms with E-state index in [1.54, 1.807) is 32.0 Å². The normalized spacial score (nSPS) is 22.2. The van der Waals surface area contributed by atoms with Gasteiger partial charge in [-0.1, -0.05) is 32.0 Å². The number of hydrogen-bond acceptors (Lipinski definition) is 3. The molecule has 0 heterocycles. The molecule has 0 aromatic heterocycles. The summed E-state index contributed by atoms with van der Waals surface area (Å²) in [5.41, 5.74) is 0.655. The van der Waals surface area contributed by atoms with Crippen molar-refractivity contribution in [3.05, 3.63) is 29.8 Å². The summed E-state index contributed by atoms with van der Waals surface area (Å²) in [6.45, 7) is 0.626. The fraction of sp³-hybridized carbons (Fsp3) is 0.533. The van der Waals surface area contributed by atoms with Gasteiger partial charge < -0.3 is 15.2 Å². The van der Waals surface area contributed by atoms with Gasteiger partial charge in [-0.3, -0.25) is 4.79 Å². The molecule has 1 aliphatic rings. The number of hydrogen-bond donors (Lipinski definition) is 2. The molecule has 0 saturated heterocycles. The van der Waals surface area contributed by atoms with Crippen molar-refractivity contribution < 1.29 is 23.4 Å². The third kappa shape index (κ3) is 3.91. The molecule has 1 aromatic rings. The van der Waals surface area contributed by atoms with Crippen LogP contribution in [0.25, 0.3) is 0 Å². The Hall–Kier alpha value is -1.69. The first kappa shape index (κ1) is 15.7. The first-order valence-electron chi connectivity index (χ1n) is 6.92. The number of ether oxygens (including phenoxy) is 1. The largest absolute Gasteiger partial charge is 0.435 e. The zero-order valence-electron chi connectivity index (χ0n) is 11.9. The van der Waals surface area contributed by atoms with E-state index in [1.165, 1.54) is 6.07 Å². The number of para-hydroxylation sites is 1. The van der Waals surface area contributed by atoms with Gasteiger partial charge in [-0.25, -0.2) is 0 Å². The third-order valence-electron chi connectivity index (χ3n) is 3.55. The molecule has 1 aromatic carbocycles. The molecule has 116 valence electrons. The van der Waals surface area contributed by atoms with Crippen LogP contribution in [0.15, 0.2) is 24.3 Å². The molecule has 6 heteroatoms. The molecule has 1 amide bonds. The lowest BCUT2D eigenvalue weighted by Gasteiger charge is -2.15. The minimum atomic E-state index is -2.87. The highest BCUT2D eigenvalue weighted by Gasteiger charge is 2.42. The summed E-state index contributed by atoms with van der Waals surface area (Å²) in [4.78, 5) is 11.8. The van der Waals surface area contributed by atoms with Crippen molar-refractivity contribution in [2.45, 2.75) is 44.9 Å². The second kappa shape index (κ2) is 6.39. The van der Waals surface area contributed by atoms with Crippen LogP contribution in [0.1, 0.15) is 31.7 Å². The van der Waals surface area contributed by atoms with Crippen LogP contribution in [0, 0.1) is 5.92 Å². The minimum absolute atomic E-state index is 0.0525. The Morgan fingerprint density at radius 2 is 2.05 bits per heavy atom. The van der Waals surface area contributed by atoms with Gasteiger partial charge in [-0.2, -0.15) is 8.78 Å². The van der Waals surface area contributed by atoms with Gasteiger partial charge in [0, 0.05) is 12.0 Å². The molecule has 1 saturated carbocycles. The fourth-order valence-corrected chi connectivity index (χ4v) is 2.26. The smallest absolute Gasteiger partial charge is 0.387 e. The summed E-state index contributed by atoms with van der Waals surface area (Å²) in [6.07, 6.45) is -0.404. The van der Waals surface area contributed by atoms with E-state index in [-0.39, 0.29) is 23.6 Å². The average Bonchev–Trinajstić information content (AvgIpc) is 3.16.